The fourth-order valence-electron chi connectivity index (χ4n) is 3.92. The molecule has 1 saturated carbocycles. The molecule has 32 heavy (non-hydrogen) atoms. The van der Waals surface area contributed by atoms with E-state index in [0.29, 0.717) is 11.5 Å². The normalized spacial score (nSPS) is 19.8. The summed E-state index contributed by atoms with van der Waals surface area (Å²) in [6.07, 6.45) is 5.63. The molecule has 0 unspecified atom stereocenters. The molecule has 1 aliphatic carbocycles. The van der Waals surface area contributed by atoms with Crippen LogP contribution >= 0.6 is 0 Å². The monoisotopic (exact) mass is 452 g/mol. The van der Waals surface area contributed by atoms with Gasteiger partial charge < -0.3 is 21.1 Å². The number of hydrogen-bond acceptors (Lipinski definition) is 7. The molecule has 12 heteroatoms. The topological polar surface area (TPSA) is 107 Å². The Morgan fingerprint density at radius 1 is 1.25 bits per heavy atom. The number of halogens is 3. The van der Waals surface area contributed by atoms with Crippen LogP contribution in [0.25, 0.3) is 5.65 Å². The highest BCUT2D eigenvalue weighted by Crippen LogP contribution is 2.33. The average Bonchev–Trinajstić information content (AvgIpc) is 3.26. The lowest BCUT2D eigenvalue weighted by atomic mass is 10.0. The molecule has 1 aliphatic rings. The molecule has 0 aromatic carbocycles. The van der Waals surface area contributed by atoms with Crippen molar-refractivity contribution in [2.75, 3.05) is 17.4 Å². The molecule has 4 rings (SSSR count). The molecule has 3 heterocycles. The van der Waals surface area contributed by atoms with E-state index < -0.39 is 11.9 Å². The number of rotatable bonds is 7. The number of nitrogens with two attached hydrogens (primary N) is 1. The second-order valence-corrected chi connectivity index (χ2v) is 8.04. The SMILES string of the molecule is Cn1cc(NCOCc2cnn3ccc(N[C@H]4CCCCC[C@H]4N)nc23)c(C(F)(F)F)n1. The molecular weight excluding hydrogens is 425 g/mol. The van der Waals surface area contributed by atoms with E-state index in [9.17, 15) is 13.2 Å². The van der Waals surface area contributed by atoms with E-state index in [2.05, 4.69) is 25.8 Å². The second-order valence-electron chi connectivity index (χ2n) is 8.04. The molecule has 2 atom stereocenters. The zero-order valence-corrected chi connectivity index (χ0v) is 17.8. The zero-order valence-electron chi connectivity index (χ0n) is 17.8. The molecular formula is C20H27F3N8O. The smallest absolute Gasteiger partial charge is 0.366 e. The Labute approximate surface area is 183 Å². The lowest BCUT2D eigenvalue weighted by molar-refractivity contribution is -0.140. The average molecular weight is 452 g/mol. The van der Waals surface area contributed by atoms with Crippen LogP contribution < -0.4 is 16.4 Å². The molecule has 3 aromatic rings. The van der Waals surface area contributed by atoms with Gasteiger partial charge in [-0.1, -0.05) is 19.3 Å². The first-order valence-corrected chi connectivity index (χ1v) is 10.6. The third kappa shape index (κ3) is 5.13. The molecule has 3 aromatic heterocycles. The van der Waals surface area contributed by atoms with Crippen molar-refractivity contribution in [2.45, 2.75) is 57.0 Å². The van der Waals surface area contributed by atoms with Crippen molar-refractivity contribution >= 4 is 17.2 Å². The number of alkyl halides is 3. The number of fused-ring (bicyclic) bond motifs is 1. The van der Waals surface area contributed by atoms with Crippen molar-refractivity contribution in [1.82, 2.24) is 24.4 Å². The van der Waals surface area contributed by atoms with E-state index in [1.165, 1.54) is 19.7 Å². The van der Waals surface area contributed by atoms with Crippen LogP contribution in [-0.2, 0) is 24.6 Å². The van der Waals surface area contributed by atoms with Crippen LogP contribution in [0.3, 0.4) is 0 Å². The number of hydrogen-bond donors (Lipinski definition) is 3. The van der Waals surface area contributed by atoms with Crippen LogP contribution in [0.1, 0.15) is 43.4 Å². The highest BCUT2D eigenvalue weighted by molar-refractivity contribution is 5.52. The van der Waals surface area contributed by atoms with Gasteiger partial charge >= 0.3 is 6.18 Å². The number of nitrogens with one attached hydrogen (secondary N) is 2. The molecule has 4 N–H and O–H groups in total. The summed E-state index contributed by atoms with van der Waals surface area (Å²) >= 11 is 0. The van der Waals surface area contributed by atoms with Gasteiger partial charge in [-0.05, 0) is 18.9 Å². The molecule has 0 aliphatic heterocycles. The lowest BCUT2D eigenvalue weighted by Gasteiger charge is -2.23. The van der Waals surface area contributed by atoms with E-state index in [4.69, 9.17) is 10.5 Å². The van der Waals surface area contributed by atoms with Crippen LogP contribution in [0.2, 0.25) is 0 Å². The Morgan fingerprint density at radius 2 is 2.06 bits per heavy atom. The minimum atomic E-state index is -4.54. The van der Waals surface area contributed by atoms with Crippen LogP contribution in [0.4, 0.5) is 24.7 Å². The lowest BCUT2D eigenvalue weighted by Crippen LogP contribution is -2.39. The maximum absolute atomic E-state index is 13.0. The maximum atomic E-state index is 13.0. The minimum absolute atomic E-state index is 0.0865. The summed E-state index contributed by atoms with van der Waals surface area (Å²) in [4.78, 5) is 4.65. The number of aryl methyl sites for hydroxylation is 1. The summed E-state index contributed by atoms with van der Waals surface area (Å²) in [5, 5.41) is 13.8. The Balaban J connectivity index is 1.38. The van der Waals surface area contributed by atoms with Gasteiger partial charge in [0, 0.05) is 37.1 Å². The first-order chi connectivity index (χ1) is 15.3. The van der Waals surface area contributed by atoms with Gasteiger partial charge in [0.05, 0.1) is 18.5 Å². The third-order valence-electron chi connectivity index (χ3n) is 5.56. The van der Waals surface area contributed by atoms with E-state index in [-0.39, 0.29) is 31.1 Å². The van der Waals surface area contributed by atoms with Gasteiger partial charge in [0.25, 0.3) is 0 Å². The summed E-state index contributed by atoms with van der Waals surface area (Å²) in [5.41, 5.74) is 6.54. The quantitative estimate of drug-likeness (QED) is 0.287. The van der Waals surface area contributed by atoms with Gasteiger partial charge in [-0.3, -0.25) is 4.68 Å². The predicted molar refractivity (Wildman–Crippen MR) is 113 cm³/mol. The Hall–Kier alpha value is -2.86. The summed E-state index contributed by atoms with van der Waals surface area (Å²) in [6, 6.07) is 2.11. The summed E-state index contributed by atoms with van der Waals surface area (Å²) in [7, 11) is 1.43. The minimum Gasteiger partial charge on any atom is -0.366 e. The summed E-state index contributed by atoms with van der Waals surface area (Å²) < 4.78 is 47.4. The fourth-order valence-corrected chi connectivity index (χ4v) is 3.92. The zero-order chi connectivity index (χ0) is 22.7. The molecule has 9 nitrogen and oxygen atoms in total. The van der Waals surface area contributed by atoms with Gasteiger partial charge in [0.2, 0.25) is 0 Å². The number of anilines is 2. The van der Waals surface area contributed by atoms with Crippen LogP contribution in [0.15, 0.2) is 24.7 Å². The number of nitrogens with zero attached hydrogens (tertiary/aromatic N) is 5. The van der Waals surface area contributed by atoms with Gasteiger partial charge in [-0.2, -0.15) is 23.4 Å². The summed E-state index contributed by atoms with van der Waals surface area (Å²) in [6.45, 7) is 0.0124. The van der Waals surface area contributed by atoms with Crippen LogP contribution in [-0.4, -0.2) is 43.2 Å². The van der Waals surface area contributed by atoms with E-state index in [1.807, 2.05) is 6.07 Å². The van der Waals surface area contributed by atoms with E-state index in [1.54, 1.807) is 16.9 Å². The summed E-state index contributed by atoms with van der Waals surface area (Å²) in [5.74, 6) is 0.713. The standard InChI is InChI=1S/C20H27F3N8O/c1-30-10-16(18(29-30)20(21,22)23)25-12-32-11-13-9-26-31-8-7-17(28-19(13)31)27-15-6-4-2-3-5-14(15)24/h7-10,14-15,25H,2-6,11-12,24H2,1H3,(H,27,28)/t14-,15+/m1/s1. The van der Waals surface area contributed by atoms with Crippen LogP contribution in [0.5, 0.6) is 0 Å². The highest BCUT2D eigenvalue weighted by atomic mass is 19.4. The molecule has 1 fully saturated rings. The first kappa shape index (κ1) is 22.3. The van der Waals surface area contributed by atoms with Crippen molar-refractivity contribution in [3.05, 3.63) is 35.9 Å². The van der Waals surface area contributed by atoms with E-state index in [0.717, 1.165) is 35.9 Å². The van der Waals surface area contributed by atoms with Gasteiger partial charge in [0.15, 0.2) is 11.3 Å². The Morgan fingerprint density at radius 3 is 2.88 bits per heavy atom. The molecule has 0 radical (unpaired) electrons. The number of ether oxygens (including phenoxy) is 1. The molecule has 174 valence electrons. The van der Waals surface area contributed by atoms with Gasteiger partial charge in [-0.25, -0.2) is 9.50 Å². The van der Waals surface area contributed by atoms with Crippen molar-refractivity contribution < 1.29 is 17.9 Å². The van der Waals surface area contributed by atoms with Gasteiger partial charge in [0.1, 0.15) is 12.5 Å². The predicted octanol–water partition coefficient (Wildman–Crippen LogP) is 3.14. The Bertz CT molecular complexity index is 1050. The Kier molecular flexibility index (Phi) is 6.51. The maximum Gasteiger partial charge on any atom is 0.437 e. The molecule has 0 spiro atoms. The second kappa shape index (κ2) is 9.33. The fraction of sp³-hybridized carbons (Fsp3) is 0.550. The first-order valence-electron chi connectivity index (χ1n) is 10.6. The van der Waals surface area contributed by atoms with Crippen LogP contribution in [0, 0.1) is 0 Å². The van der Waals surface area contributed by atoms with Gasteiger partial charge in [-0.15, -0.1) is 0 Å². The van der Waals surface area contributed by atoms with Crippen molar-refractivity contribution in [3.63, 3.8) is 0 Å². The van der Waals surface area contributed by atoms with E-state index >= 15 is 0 Å². The molecule has 0 amide bonds. The van der Waals surface area contributed by atoms with Crippen molar-refractivity contribution in [1.29, 1.82) is 0 Å². The molecule has 0 bridgehead atoms. The number of aromatic nitrogens is 5. The van der Waals surface area contributed by atoms with Crippen molar-refractivity contribution in [2.24, 2.45) is 12.8 Å². The van der Waals surface area contributed by atoms with Crippen molar-refractivity contribution in [3.8, 4) is 0 Å². The third-order valence-corrected chi connectivity index (χ3v) is 5.56. The largest absolute Gasteiger partial charge is 0.437 e. The molecule has 0 saturated heterocycles. The highest BCUT2D eigenvalue weighted by Gasteiger charge is 2.37.